The highest BCUT2D eigenvalue weighted by Gasteiger charge is 2.30. The Bertz CT molecular complexity index is 724. The molecule has 2 fully saturated rings. The number of halogens is 1. The van der Waals surface area contributed by atoms with E-state index in [0.717, 1.165) is 31.0 Å². The zero-order valence-corrected chi connectivity index (χ0v) is 18.8. The van der Waals surface area contributed by atoms with Crippen LogP contribution in [0.25, 0.3) is 0 Å². The molecule has 2 aliphatic rings. The van der Waals surface area contributed by atoms with Crippen LogP contribution in [0.4, 0.5) is 5.69 Å². The molecule has 2 heterocycles. The number of likely N-dealkylation sites (tertiary alicyclic amines) is 2. The van der Waals surface area contributed by atoms with E-state index in [9.17, 15) is 4.79 Å². The average Bonchev–Trinajstić information content (AvgIpc) is 3.19. The maximum atomic E-state index is 12.3. The van der Waals surface area contributed by atoms with Gasteiger partial charge in [0.2, 0.25) is 5.91 Å². The number of nitrogens with one attached hydrogen (secondary N) is 2. The quantitative estimate of drug-likeness (QED) is 0.292. The Morgan fingerprint density at radius 2 is 2.07 bits per heavy atom. The van der Waals surface area contributed by atoms with Crippen molar-refractivity contribution in [3.8, 4) is 12.3 Å². The highest BCUT2D eigenvalue weighted by molar-refractivity contribution is 14.0. The van der Waals surface area contributed by atoms with Crippen LogP contribution in [0.15, 0.2) is 29.3 Å². The molecule has 2 saturated heterocycles. The van der Waals surface area contributed by atoms with Crippen molar-refractivity contribution in [1.82, 2.24) is 15.1 Å². The average molecular weight is 495 g/mol. The van der Waals surface area contributed by atoms with Gasteiger partial charge in [-0.05, 0) is 50.6 Å². The number of terminal acetylenes is 1. The number of aliphatic imine (C=N–C) groups is 1. The molecule has 6 nitrogen and oxygen atoms in total. The molecule has 0 radical (unpaired) electrons. The summed E-state index contributed by atoms with van der Waals surface area (Å²) in [7, 11) is 1.77. The first-order valence-corrected chi connectivity index (χ1v) is 9.76. The predicted octanol–water partition coefficient (Wildman–Crippen LogP) is 2.36. The molecule has 0 aromatic heterocycles. The fourth-order valence-corrected chi connectivity index (χ4v) is 3.90. The van der Waals surface area contributed by atoms with Gasteiger partial charge in [0.25, 0.3) is 0 Å². The highest BCUT2D eigenvalue weighted by Crippen LogP contribution is 2.20. The maximum Gasteiger partial charge on any atom is 0.243 e. The molecule has 3 rings (SSSR count). The molecule has 0 saturated carbocycles. The van der Waals surface area contributed by atoms with Crippen LogP contribution in [0.1, 0.15) is 31.2 Å². The SMILES string of the molecule is C#Cc1cccc(NC(=O)CNC(=NC)N2CCC(N3CCCCC3)C2)c1.I. The van der Waals surface area contributed by atoms with Gasteiger partial charge in [0, 0.05) is 37.4 Å². The number of carbonyl (C=O) groups is 1. The van der Waals surface area contributed by atoms with Crippen LogP contribution in [-0.2, 0) is 4.79 Å². The van der Waals surface area contributed by atoms with Gasteiger partial charge in [0.1, 0.15) is 0 Å². The Morgan fingerprint density at radius 1 is 1.29 bits per heavy atom. The van der Waals surface area contributed by atoms with Crippen LogP contribution in [-0.4, -0.2) is 67.5 Å². The lowest BCUT2D eigenvalue weighted by atomic mass is 10.1. The summed E-state index contributed by atoms with van der Waals surface area (Å²) in [6.07, 6.45) is 10.5. The van der Waals surface area contributed by atoms with Crippen LogP contribution in [0.2, 0.25) is 0 Å². The Hall–Kier alpha value is -1.79. The van der Waals surface area contributed by atoms with Crippen molar-refractivity contribution in [1.29, 1.82) is 0 Å². The van der Waals surface area contributed by atoms with Crippen molar-refractivity contribution < 1.29 is 4.79 Å². The van der Waals surface area contributed by atoms with Crippen LogP contribution < -0.4 is 10.6 Å². The molecule has 1 unspecified atom stereocenters. The third-order valence-electron chi connectivity index (χ3n) is 5.30. The van der Waals surface area contributed by atoms with E-state index in [0.29, 0.717) is 11.7 Å². The lowest BCUT2D eigenvalue weighted by molar-refractivity contribution is -0.115. The molecule has 1 aromatic carbocycles. The molecule has 152 valence electrons. The minimum absolute atomic E-state index is 0. The number of guanidine groups is 1. The maximum absolute atomic E-state index is 12.3. The number of nitrogens with zero attached hydrogens (tertiary/aromatic N) is 3. The Kier molecular flexibility index (Phi) is 9.06. The van der Waals surface area contributed by atoms with Gasteiger partial charge in [-0.25, -0.2) is 0 Å². The molecule has 1 aromatic rings. The largest absolute Gasteiger partial charge is 0.347 e. The third-order valence-corrected chi connectivity index (χ3v) is 5.30. The van der Waals surface area contributed by atoms with E-state index in [1.165, 1.54) is 32.4 Å². The second-order valence-electron chi connectivity index (χ2n) is 7.16. The summed E-state index contributed by atoms with van der Waals surface area (Å²) in [5.74, 6) is 3.25. The van der Waals surface area contributed by atoms with Gasteiger partial charge in [-0.3, -0.25) is 14.7 Å². The van der Waals surface area contributed by atoms with E-state index in [1.54, 1.807) is 13.1 Å². The van der Waals surface area contributed by atoms with Gasteiger partial charge >= 0.3 is 0 Å². The molecular formula is C21H30IN5O. The molecule has 2 aliphatic heterocycles. The van der Waals surface area contributed by atoms with Crippen molar-refractivity contribution >= 4 is 41.5 Å². The topological polar surface area (TPSA) is 60.0 Å². The minimum Gasteiger partial charge on any atom is -0.347 e. The number of hydrogen-bond acceptors (Lipinski definition) is 3. The number of hydrogen-bond donors (Lipinski definition) is 2. The number of benzene rings is 1. The molecule has 0 spiro atoms. The minimum atomic E-state index is -0.114. The number of amides is 1. The van der Waals surface area contributed by atoms with Gasteiger partial charge in [-0.15, -0.1) is 30.4 Å². The first-order valence-electron chi connectivity index (χ1n) is 9.76. The fraction of sp³-hybridized carbons (Fsp3) is 0.524. The zero-order chi connectivity index (χ0) is 19.1. The van der Waals surface area contributed by atoms with Crippen LogP contribution in [0.5, 0.6) is 0 Å². The van der Waals surface area contributed by atoms with E-state index in [2.05, 4.69) is 31.3 Å². The zero-order valence-electron chi connectivity index (χ0n) is 16.5. The number of piperidine rings is 1. The standard InChI is InChI=1S/C21H29N5O.HI/c1-3-17-8-7-9-18(14-17)24-20(27)15-23-21(22-2)26-13-10-19(16-26)25-11-5-4-6-12-25;/h1,7-9,14,19H,4-6,10-13,15-16H2,2H3,(H,22,23)(H,24,27);1H. The van der Waals surface area contributed by atoms with Gasteiger partial charge in [-0.2, -0.15) is 0 Å². The van der Waals surface area contributed by atoms with Crippen molar-refractivity contribution in [2.24, 2.45) is 4.99 Å². The van der Waals surface area contributed by atoms with Crippen LogP contribution in [0, 0.1) is 12.3 Å². The molecule has 2 N–H and O–H groups in total. The number of rotatable bonds is 4. The Balaban J connectivity index is 0.00000280. The van der Waals surface area contributed by atoms with Crippen molar-refractivity contribution in [3.05, 3.63) is 29.8 Å². The molecule has 1 amide bonds. The Labute approximate surface area is 185 Å². The molecular weight excluding hydrogens is 465 g/mol. The summed E-state index contributed by atoms with van der Waals surface area (Å²) < 4.78 is 0. The van der Waals surface area contributed by atoms with Crippen LogP contribution in [0.3, 0.4) is 0 Å². The van der Waals surface area contributed by atoms with Gasteiger partial charge in [0.15, 0.2) is 5.96 Å². The summed E-state index contributed by atoms with van der Waals surface area (Å²) in [6, 6.07) is 7.89. The number of carbonyl (C=O) groups excluding carboxylic acids is 1. The van der Waals surface area contributed by atoms with Crippen LogP contribution >= 0.6 is 24.0 Å². The van der Waals surface area contributed by atoms with E-state index >= 15 is 0 Å². The summed E-state index contributed by atoms with van der Waals surface area (Å²) in [5.41, 5.74) is 1.45. The van der Waals surface area contributed by atoms with E-state index in [4.69, 9.17) is 6.42 Å². The van der Waals surface area contributed by atoms with Crippen molar-refractivity contribution in [2.45, 2.75) is 31.7 Å². The second kappa shape index (κ2) is 11.3. The first-order chi connectivity index (χ1) is 13.2. The van der Waals surface area contributed by atoms with Gasteiger partial charge < -0.3 is 15.5 Å². The lowest BCUT2D eigenvalue weighted by Gasteiger charge is -2.32. The summed E-state index contributed by atoms with van der Waals surface area (Å²) in [5, 5.41) is 6.06. The monoisotopic (exact) mass is 495 g/mol. The summed E-state index contributed by atoms with van der Waals surface area (Å²) >= 11 is 0. The molecule has 1 atom stereocenters. The predicted molar refractivity (Wildman–Crippen MR) is 125 cm³/mol. The second-order valence-corrected chi connectivity index (χ2v) is 7.16. The van der Waals surface area contributed by atoms with E-state index < -0.39 is 0 Å². The first kappa shape index (κ1) is 22.5. The smallest absolute Gasteiger partial charge is 0.243 e. The third kappa shape index (κ3) is 6.11. The molecule has 0 bridgehead atoms. The van der Waals surface area contributed by atoms with Crippen molar-refractivity contribution in [3.63, 3.8) is 0 Å². The number of anilines is 1. The Morgan fingerprint density at radius 3 is 2.79 bits per heavy atom. The summed E-state index contributed by atoms with van der Waals surface area (Å²) in [4.78, 5) is 21.5. The fourth-order valence-electron chi connectivity index (χ4n) is 3.90. The van der Waals surface area contributed by atoms with E-state index in [1.807, 2.05) is 18.2 Å². The lowest BCUT2D eigenvalue weighted by Crippen LogP contribution is -2.46. The molecule has 7 heteroatoms. The summed E-state index contributed by atoms with van der Waals surface area (Å²) in [6.45, 7) is 4.56. The highest BCUT2D eigenvalue weighted by atomic mass is 127. The normalized spacial score (nSPS) is 20.2. The van der Waals surface area contributed by atoms with Gasteiger partial charge in [-0.1, -0.05) is 18.4 Å². The molecule has 0 aliphatic carbocycles. The molecule has 28 heavy (non-hydrogen) atoms. The van der Waals surface area contributed by atoms with Gasteiger partial charge in [0.05, 0.1) is 6.54 Å². The van der Waals surface area contributed by atoms with Crippen molar-refractivity contribution in [2.75, 3.05) is 45.1 Å². The van der Waals surface area contributed by atoms with E-state index in [-0.39, 0.29) is 36.4 Å².